The Labute approximate surface area is 148 Å². The highest BCUT2D eigenvalue weighted by molar-refractivity contribution is 8.14. The van der Waals surface area contributed by atoms with Gasteiger partial charge in [0.15, 0.2) is 5.17 Å². The summed E-state index contributed by atoms with van der Waals surface area (Å²) in [4.78, 5) is 12.1. The van der Waals surface area contributed by atoms with Crippen LogP contribution in [-0.2, 0) is 5.54 Å². The van der Waals surface area contributed by atoms with E-state index >= 15 is 0 Å². The van der Waals surface area contributed by atoms with Crippen LogP contribution in [0.1, 0.15) is 51.0 Å². The SMILES string of the molecule is C[C@@H]1CN2C(=N[C@H](c3ccccn3)[C@@H]2c2ccn(C(C)(C)C)c2)S1. The summed E-state index contributed by atoms with van der Waals surface area (Å²) in [5, 5.41) is 1.77. The molecule has 0 unspecified atom stereocenters. The van der Waals surface area contributed by atoms with Crippen LogP contribution in [-0.4, -0.2) is 31.4 Å². The Kier molecular flexibility index (Phi) is 3.71. The fourth-order valence-corrected chi connectivity index (χ4v) is 4.58. The molecule has 2 aromatic heterocycles. The van der Waals surface area contributed by atoms with Crippen molar-refractivity contribution in [2.24, 2.45) is 4.99 Å². The third kappa shape index (κ3) is 2.65. The first-order chi connectivity index (χ1) is 11.4. The Hall–Kier alpha value is -1.75. The molecule has 0 aliphatic carbocycles. The molecule has 2 aromatic rings. The smallest absolute Gasteiger partial charge is 0.160 e. The number of nitrogens with zero attached hydrogens (tertiary/aromatic N) is 4. The summed E-state index contributed by atoms with van der Waals surface area (Å²) in [6, 6.07) is 8.69. The van der Waals surface area contributed by atoms with Gasteiger partial charge in [-0.1, -0.05) is 24.8 Å². The van der Waals surface area contributed by atoms with E-state index in [-0.39, 0.29) is 17.6 Å². The number of aliphatic imine (C=N–C) groups is 1. The molecule has 5 heteroatoms. The average Bonchev–Trinajstić information content (AvgIpc) is 3.20. The molecule has 2 aliphatic heterocycles. The van der Waals surface area contributed by atoms with Gasteiger partial charge < -0.3 is 9.47 Å². The van der Waals surface area contributed by atoms with E-state index in [1.165, 1.54) is 10.7 Å². The van der Waals surface area contributed by atoms with Crippen LogP contribution in [0.2, 0.25) is 0 Å². The maximum absolute atomic E-state index is 5.03. The second-order valence-electron chi connectivity index (χ2n) is 7.66. The maximum Gasteiger partial charge on any atom is 0.160 e. The molecular formula is C19H24N4S. The van der Waals surface area contributed by atoms with Gasteiger partial charge in [-0.2, -0.15) is 0 Å². The van der Waals surface area contributed by atoms with Gasteiger partial charge in [-0.25, -0.2) is 0 Å². The van der Waals surface area contributed by atoms with Crippen molar-refractivity contribution in [2.75, 3.05) is 6.54 Å². The van der Waals surface area contributed by atoms with Gasteiger partial charge in [0, 0.05) is 35.9 Å². The third-order valence-corrected chi connectivity index (χ3v) is 5.82. The molecule has 4 rings (SSSR count). The van der Waals surface area contributed by atoms with Crippen LogP contribution in [0.25, 0.3) is 0 Å². The number of aromatic nitrogens is 2. The van der Waals surface area contributed by atoms with E-state index < -0.39 is 0 Å². The van der Waals surface area contributed by atoms with Crippen molar-refractivity contribution in [3.63, 3.8) is 0 Å². The molecule has 1 saturated heterocycles. The zero-order valence-corrected chi connectivity index (χ0v) is 15.5. The Morgan fingerprint density at radius 2 is 2.04 bits per heavy atom. The summed E-state index contributed by atoms with van der Waals surface area (Å²) in [5.41, 5.74) is 2.48. The van der Waals surface area contributed by atoms with Gasteiger partial charge in [-0.3, -0.25) is 9.98 Å². The monoisotopic (exact) mass is 340 g/mol. The second kappa shape index (κ2) is 5.66. The molecule has 0 bridgehead atoms. The van der Waals surface area contributed by atoms with Crippen molar-refractivity contribution in [3.05, 3.63) is 54.1 Å². The van der Waals surface area contributed by atoms with Gasteiger partial charge in [0.2, 0.25) is 0 Å². The van der Waals surface area contributed by atoms with E-state index in [1.807, 2.05) is 24.0 Å². The lowest BCUT2D eigenvalue weighted by Gasteiger charge is -2.27. The van der Waals surface area contributed by atoms with Crippen molar-refractivity contribution >= 4 is 16.9 Å². The number of thioether (sulfide) groups is 1. The predicted molar refractivity (Wildman–Crippen MR) is 100 cm³/mol. The lowest BCUT2D eigenvalue weighted by Crippen LogP contribution is -2.28. The van der Waals surface area contributed by atoms with Crippen molar-refractivity contribution in [3.8, 4) is 0 Å². The molecule has 24 heavy (non-hydrogen) atoms. The normalized spacial score (nSPS) is 26.6. The van der Waals surface area contributed by atoms with Gasteiger partial charge in [-0.15, -0.1) is 0 Å². The number of rotatable bonds is 2. The molecule has 4 nitrogen and oxygen atoms in total. The lowest BCUT2D eigenvalue weighted by atomic mass is 9.98. The van der Waals surface area contributed by atoms with Crippen molar-refractivity contribution < 1.29 is 0 Å². The standard InChI is InChI=1S/C19H24N4S/c1-13-11-23-17(14-8-10-22(12-14)19(2,3)4)16(21-18(23)24-13)15-7-5-6-9-20-15/h5-10,12-13,16-17H,11H2,1-4H3/t13-,16-,17+/m1/s1. The molecule has 2 aliphatic rings. The highest BCUT2D eigenvalue weighted by atomic mass is 32.2. The van der Waals surface area contributed by atoms with Crippen LogP contribution in [0.5, 0.6) is 0 Å². The summed E-state index contributed by atoms with van der Waals surface area (Å²) in [6.07, 6.45) is 6.34. The minimum atomic E-state index is 0.0806. The van der Waals surface area contributed by atoms with E-state index in [9.17, 15) is 0 Å². The summed E-state index contributed by atoms with van der Waals surface area (Å²) < 4.78 is 2.29. The number of hydrogen-bond acceptors (Lipinski definition) is 4. The number of fused-ring (bicyclic) bond motifs is 1. The summed E-state index contributed by atoms with van der Waals surface area (Å²) in [7, 11) is 0. The summed E-state index contributed by atoms with van der Waals surface area (Å²) >= 11 is 1.89. The molecule has 0 radical (unpaired) electrons. The number of amidine groups is 1. The van der Waals surface area contributed by atoms with Crippen LogP contribution in [0.3, 0.4) is 0 Å². The molecule has 4 heterocycles. The van der Waals surface area contributed by atoms with Crippen LogP contribution in [0.4, 0.5) is 0 Å². The Bertz CT molecular complexity index is 759. The molecule has 0 saturated carbocycles. The molecule has 0 spiro atoms. The quantitative estimate of drug-likeness (QED) is 0.820. The molecule has 126 valence electrons. The largest absolute Gasteiger partial charge is 0.349 e. The molecule has 0 aromatic carbocycles. The van der Waals surface area contributed by atoms with E-state index in [0.717, 1.165) is 12.2 Å². The third-order valence-electron chi connectivity index (χ3n) is 4.71. The van der Waals surface area contributed by atoms with E-state index in [2.05, 4.69) is 72.7 Å². The summed E-state index contributed by atoms with van der Waals surface area (Å²) in [5.74, 6) is 0. The van der Waals surface area contributed by atoms with Gasteiger partial charge in [0.25, 0.3) is 0 Å². The maximum atomic E-state index is 5.03. The first-order valence-electron chi connectivity index (χ1n) is 8.54. The fourth-order valence-electron chi connectivity index (χ4n) is 3.48. The van der Waals surface area contributed by atoms with Crippen LogP contribution < -0.4 is 0 Å². The van der Waals surface area contributed by atoms with Gasteiger partial charge >= 0.3 is 0 Å². The zero-order chi connectivity index (χ0) is 16.9. The predicted octanol–water partition coefficient (Wildman–Crippen LogP) is 4.23. The van der Waals surface area contributed by atoms with Gasteiger partial charge in [-0.05, 0) is 44.5 Å². The Balaban J connectivity index is 1.74. The van der Waals surface area contributed by atoms with Crippen molar-refractivity contribution in [1.29, 1.82) is 0 Å². The van der Waals surface area contributed by atoms with E-state index in [4.69, 9.17) is 4.99 Å². The minimum absolute atomic E-state index is 0.0806. The highest BCUT2D eigenvalue weighted by Gasteiger charge is 2.43. The first kappa shape index (κ1) is 15.8. The van der Waals surface area contributed by atoms with Crippen LogP contribution in [0.15, 0.2) is 47.8 Å². The Morgan fingerprint density at radius 3 is 2.71 bits per heavy atom. The lowest BCUT2D eigenvalue weighted by molar-refractivity contribution is 0.319. The number of hydrogen-bond donors (Lipinski definition) is 0. The molecular weight excluding hydrogens is 316 g/mol. The average molecular weight is 340 g/mol. The molecule has 1 fully saturated rings. The second-order valence-corrected chi connectivity index (χ2v) is 9.07. The first-order valence-corrected chi connectivity index (χ1v) is 9.42. The minimum Gasteiger partial charge on any atom is -0.349 e. The number of pyridine rings is 1. The van der Waals surface area contributed by atoms with E-state index in [1.54, 1.807) is 0 Å². The van der Waals surface area contributed by atoms with Crippen LogP contribution >= 0.6 is 11.8 Å². The Morgan fingerprint density at radius 1 is 1.21 bits per heavy atom. The van der Waals surface area contributed by atoms with Crippen LogP contribution in [0, 0.1) is 0 Å². The molecule has 0 amide bonds. The highest BCUT2D eigenvalue weighted by Crippen LogP contribution is 2.47. The van der Waals surface area contributed by atoms with E-state index in [0.29, 0.717) is 5.25 Å². The fraction of sp³-hybridized carbons (Fsp3) is 0.474. The van der Waals surface area contributed by atoms with Crippen molar-refractivity contribution in [2.45, 2.75) is 50.6 Å². The van der Waals surface area contributed by atoms with Gasteiger partial charge in [0.1, 0.15) is 6.04 Å². The zero-order valence-electron chi connectivity index (χ0n) is 14.7. The van der Waals surface area contributed by atoms with Gasteiger partial charge in [0.05, 0.1) is 11.7 Å². The summed E-state index contributed by atoms with van der Waals surface area (Å²) in [6.45, 7) is 10.0. The molecule has 0 N–H and O–H groups in total. The topological polar surface area (TPSA) is 33.4 Å². The van der Waals surface area contributed by atoms with Crippen molar-refractivity contribution in [1.82, 2.24) is 14.5 Å². The molecule has 3 atom stereocenters.